The number of nitrogens with one attached hydrogen (secondary N) is 8. The van der Waals surface area contributed by atoms with E-state index >= 15 is 8.78 Å². The van der Waals surface area contributed by atoms with Crippen molar-refractivity contribution in [2.24, 2.45) is 11.3 Å². The summed E-state index contributed by atoms with van der Waals surface area (Å²) in [7, 11) is 1.70. The molecule has 6 fully saturated rings. The number of fused-ring (bicyclic) bond motifs is 1. The van der Waals surface area contributed by atoms with Crippen LogP contribution in [0.1, 0.15) is 153 Å². The number of rotatable bonds is 27. The van der Waals surface area contributed by atoms with E-state index in [1.165, 1.54) is 24.0 Å². The number of benzene rings is 2. The highest BCUT2D eigenvalue weighted by Gasteiger charge is 2.46. The third kappa shape index (κ3) is 19.6. The Bertz CT molecular complexity index is 3130. The number of hydrogen-bond acceptors (Lipinski definition) is 16. The molecule has 2 aliphatic carbocycles. The van der Waals surface area contributed by atoms with Crippen molar-refractivity contribution < 1.29 is 42.3 Å². The molecule has 25 heteroatoms. The van der Waals surface area contributed by atoms with Crippen molar-refractivity contribution in [2.45, 2.75) is 179 Å². The van der Waals surface area contributed by atoms with E-state index in [4.69, 9.17) is 0 Å². The van der Waals surface area contributed by atoms with E-state index in [9.17, 15) is 33.6 Å². The fraction of sp³-hybridized carbons (Fsp3) is 0.671. The molecule has 3 aromatic rings. The first-order valence-corrected chi connectivity index (χ1v) is 35.3. The van der Waals surface area contributed by atoms with Crippen LogP contribution in [-0.4, -0.2) is 212 Å². The zero-order chi connectivity index (χ0) is 67.1. The molecule has 2 aromatic carbocycles. The quantitative estimate of drug-likeness (QED) is 0.0488. The predicted molar refractivity (Wildman–Crippen MR) is 361 cm³/mol. The van der Waals surface area contributed by atoms with Gasteiger partial charge in [-0.05, 0) is 139 Å². The summed E-state index contributed by atoms with van der Waals surface area (Å²) in [5.74, 6) is -1.26. The van der Waals surface area contributed by atoms with Gasteiger partial charge < -0.3 is 67.0 Å². The summed E-state index contributed by atoms with van der Waals surface area (Å²) in [5, 5.41) is 24.9. The van der Waals surface area contributed by atoms with E-state index in [1.807, 2.05) is 24.3 Å². The number of aromatic nitrogens is 2. The molecule has 10 rings (SSSR count). The summed E-state index contributed by atoms with van der Waals surface area (Å²) < 4.78 is 31.3. The van der Waals surface area contributed by atoms with Gasteiger partial charge in [-0.15, -0.1) is 0 Å². The molecule has 520 valence electrons. The number of amides is 7. The van der Waals surface area contributed by atoms with E-state index in [1.54, 1.807) is 23.8 Å². The highest BCUT2D eigenvalue weighted by atomic mass is 19.1. The molecule has 0 bridgehead atoms. The summed E-state index contributed by atoms with van der Waals surface area (Å²) in [6.45, 7) is 16.4. The van der Waals surface area contributed by atoms with Gasteiger partial charge in [0.2, 0.25) is 41.4 Å². The first kappa shape index (κ1) is 70.7. The molecule has 5 aliphatic heterocycles. The lowest BCUT2D eigenvalue weighted by molar-refractivity contribution is -0.143. The van der Waals surface area contributed by atoms with Crippen LogP contribution in [0.2, 0.25) is 0 Å². The van der Waals surface area contributed by atoms with Crippen molar-refractivity contribution in [3.63, 3.8) is 0 Å². The monoisotopic (exact) mass is 1320 g/mol. The highest BCUT2D eigenvalue weighted by Crippen LogP contribution is 2.36. The number of hydrogen-bond donors (Lipinski definition) is 8. The first-order valence-electron chi connectivity index (χ1n) is 35.3. The topological polar surface area (TPSA) is 261 Å². The number of nitrogens with zero attached hydrogens (tertiary/aromatic N) is 8. The normalized spacial score (nSPS) is 22.4. The lowest BCUT2D eigenvalue weighted by atomic mass is 9.82. The fourth-order valence-electron chi connectivity index (χ4n) is 15.0. The number of piperidine rings is 2. The van der Waals surface area contributed by atoms with E-state index in [0.29, 0.717) is 89.4 Å². The summed E-state index contributed by atoms with van der Waals surface area (Å²) >= 11 is 0. The van der Waals surface area contributed by atoms with Crippen LogP contribution in [0.5, 0.6) is 0 Å². The smallest absolute Gasteiger partial charge is 0.246 e. The van der Waals surface area contributed by atoms with Crippen molar-refractivity contribution in [2.75, 3.05) is 127 Å². The molecule has 6 heterocycles. The fourth-order valence-corrected chi connectivity index (χ4v) is 15.0. The van der Waals surface area contributed by atoms with Crippen LogP contribution in [0.3, 0.4) is 0 Å². The molecule has 5 atom stereocenters. The Kier molecular flexibility index (Phi) is 24.7. The van der Waals surface area contributed by atoms with Crippen molar-refractivity contribution in [1.29, 1.82) is 0 Å². The third-order valence-corrected chi connectivity index (χ3v) is 21.1. The van der Waals surface area contributed by atoms with Crippen LogP contribution in [0.4, 0.5) is 26.1 Å². The van der Waals surface area contributed by atoms with Gasteiger partial charge in [0, 0.05) is 128 Å². The standard InChI is InChI=1S/C70H104F2N16O7/c1-48(73-4)66(93)81-65(50-14-6-5-7-15-50)68(95)88-44-52(40-58(88)67(94)80-56-18-10-16-49-13-8-9-17-53(49)56)79-63(91)20-19-61(89)76-28-12-29-83-35-37-84(38-36-83)30-21-62(90)75-27-11-26-74-59-42-60(78-47-77-59)86-33-24-70(25-34-86)46-87(45-64(92)82-70)57-41-54(71)51(39-55(57)72)43-85-31-22-69(2,3)23-32-85/h8-9,13,17,39,41-42,47-48,50,52,56,58,65,73H,5-7,10-12,14-16,18-38,40,43-46H2,1-4H3,(H,75,90)(H,76,89)(H,79,91)(H,80,94)(H,81,93)(H,82,92)(H,74,77,78)/t48-,52-,56-,58-,65-/m0/s1. The maximum absolute atomic E-state index is 15.7. The molecule has 0 unspecified atom stereocenters. The van der Waals surface area contributed by atoms with Crippen molar-refractivity contribution in [3.05, 3.63) is 77.1 Å². The molecular weight excluding hydrogens is 1210 g/mol. The summed E-state index contributed by atoms with van der Waals surface area (Å²) in [6, 6.07) is 9.69. The molecule has 1 saturated carbocycles. The average molecular weight is 1320 g/mol. The predicted octanol–water partition coefficient (Wildman–Crippen LogP) is 4.52. The Labute approximate surface area is 559 Å². The van der Waals surface area contributed by atoms with Crippen LogP contribution in [0.15, 0.2) is 48.8 Å². The van der Waals surface area contributed by atoms with E-state index in [0.717, 1.165) is 128 Å². The Morgan fingerprint density at radius 1 is 0.726 bits per heavy atom. The van der Waals surface area contributed by atoms with Gasteiger partial charge in [0.15, 0.2) is 0 Å². The number of halogens is 2. The lowest BCUT2D eigenvalue weighted by Crippen LogP contribution is -2.66. The molecule has 95 heavy (non-hydrogen) atoms. The second kappa shape index (κ2) is 33.2. The molecule has 23 nitrogen and oxygen atoms in total. The second-order valence-corrected chi connectivity index (χ2v) is 28.6. The number of likely N-dealkylation sites (N-methyl/N-ethyl adjacent to an activating group) is 1. The maximum Gasteiger partial charge on any atom is 0.246 e. The zero-order valence-electron chi connectivity index (χ0n) is 56.5. The van der Waals surface area contributed by atoms with Crippen LogP contribution < -0.4 is 52.3 Å². The van der Waals surface area contributed by atoms with E-state index < -0.39 is 41.3 Å². The lowest BCUT2D eigenvalue weighted by Gasteiger charge is -2.48. The van der Waals surface area contributed by atoms with Gasteiger partial charge in [0.25, 0.3) is 0 Å². The Morgan fingerprint density at radius 3 is 2.18 bits per heavy atom. The van der Waals surface area contributed by atoms with Gasteiger partial charge in [-0.25, -0.2) is 18.7 Å². The second-order valence-electron chi connectivity index (χ2n) is 28.6. The maximum atomic E-state index is 15.7. The van der Waals surface area contributed by atoms with E-state index in [-0.39, 0.29) is 96.8 Å². The van der Waals surface area contributed by atoms with Gasteiger partial charge in [-0.3, -0.25) is 38.5 Å². The van der Waals surface area contributed by atoms with Crippen LogP contribution >= 0.6 is 0 Å². The minimum atomic E-state index is -0.855. The largest absolute Gasteiger partial charge is 0.370 e. The van der Waals surface area contributed by atoms with Gasteiger partial charge in [-0.2, -0.15) is 0 Å². The number of likely N-dealkylation sites (tertiary alicyclic amines) is 2. The third-order valence-electron chi connectivity index (χ3n) is 21.1. The number of aryl methyl sites for hydroxylation is 1. The molecule has 7 amide bonds. The minimum Gasteiger partial charge on any atom is -0.370 e. The molecular formula is C70H104F2N16O7. The molecule has 5 saturated heterocycles. The number of piperazine rings is 2. The molecule has 7 aliphatic rings. The number of carbonyl (C=O) groups is 7. The van der Waals surface area contributed by atoms with Gasteiger partial charge in [-0.1, -0.05) is 57.4 Å². The minimum absolute atomic E-state index is 0.000532. The van der Waals surface area contributed by atoms with Crippen molar-refractivity contribution >= 4 is 58.7 Å². The number of anilines is 3. The first-order chi connectivity index (χ1) is 45.8. The Balaban J connectivity index is 0.580. The highest BCUT2D eigenvalue weighted by molar-refractivity contribution is 5.94. The van der Waals surface area contributed by atoms with Gasteiger partial charge in [0.1, 0.15) is 41.7 Å². The number of carbonyl (C=O) groups excluding carboxylic acids is 7. The molecule has 1 spiro atoms. The molecule has 8 N–H and O–H groups in total. The van der Waals surface area contributed by atoms with Crippen LogP contribution in [0, 0.1) is 23.0 Å². The molecule has 0 radical (unpaired) electrons. The summed E-state index contributed by atoms with van der Waals surface area (Å²) in [6.07, 6.45) is 14.0. The van der Waals surface area contributed by atoms with Crippen LogP contribution in [0.25, 0.3) is 0 Å². The van der Waals surface area contributed by atoms with Gasteiger partial charge >= 0.3 is 0 Å². The Hall–Kier alpha value is -7.09. The summed E-state index contributed by atoms with van der Waals surface area (Å²) in [4.78, 5) is 116. The van der Waals surface area contributed by atoms with Gasteiger partial charge in [0.05, 0.1) is 29.9 Å². The van der Waals surface area contributed by atoms with E-state index in [2.05, 4.69) is 92.0 Å². The van der Waals surface area contributed by atoms with Crippen molar-refractivity contribution in [3.8, 4) is 0 Å². The SMILES string of the molecule is CN[C@@H](C)C(=O)N[C@H](C(=O)N1C[C@@H](NC(=O)CCC(=O)NCCCN2CCN(CCC(=O)NCCCNc3cc(N4CCC5(CC4)CN(c4cc(F)c(CN6CCC(C)(C)CC6)cc4F)CC(=O)N5)ncn3)CC2)C[C@H]1C(=O)N[C@H]1CCCc2ccccc21)C1CCCCC1. The van der Waals surface area contributed by atoms with Crippen LogP contribution in [-0.2, 0) is 46.5 Å². The zero-order valence-corrected chi connectivity index (χ0v) is 56.5. The average Bonchev–Trinajstić information content (AvgIpc) is 1.48. The summed E-state index contributed by atoms with van der Waals surface area (Å²) in [5.41, 5.74) is 2.40. The molecule has 1 aromatic heterocycles. The Morgan fingerprint density at radius 2 is 1.43 bits per heavy atom. The van der Waals surface area contributed by atoms with Crippen molar-refractivity contribution in [1.82, 2.24) is 66.8 Å².